The average molecular weight is 1770 g/mol. The molecule has 0 radical (unpaired) electrons. The van der Waals surface area contributed by atoms with E-state index >= 15 is 52.7 Å². The minimum absolute atomic E-state index is 0.00959. The normalized spacial score (nSPS) is 12.8. The van der Waals surface area contributed by atoms with Crippen LogP contribution in [0.5, 0.6) is 0 Å². The summed E-state index contributed by atoms with van der Waals surface area (Å²) in [7, 11) is 1.90. The van der Waals surface area contributed by atoms with Crippen LogP contribution in [0.3, 0.4) is 0 Å². The number of fused-ring (bicyclic) bond motifs is 28. The zero-order chi connectivity index (χ0) is 89.1. The zero-order valence-corrected chi connectivity index (χ0v) is 69.7. The third-order valence-corrected chi connectivity index (χ3v) is 28.8. The van der Waals surface area contributed by atoms with E-state index in [-0.39, 0.29) is 55.9 Å². The molecule has 0 bridgehead atoms. The van der Waals surface area contributed by atoms with E-state index in [1.807, 2.05) is 204 Å². The molecular weight excluding hydrogens is 1710 g/mol. The van der Waals surface area contributed by atoms with Crippen LogP contribution in [-0.2, 0) is 31.8 Å². The van der Waals surface area contributed by atoms with Gasteiger partial charge in [-0.15, -0.1) is 22.7 Å². The van der Waals surface area contributed by atoms with Crippen molar-refractivity contribution in [2.24, 2.45) is 7.05 Å². The Kier molecular flexibility index (Phi) is 16.3. The fourth-order valence-electron chi connectivity index (χ4n) is 21.1. The maximum Gasteiger partial charge on any atom is 0.417 e. The number of aryl methyl sites for hydroxylation is 1. The number of hydrogen-bond donors (Lipinski definition) is 0. The molecule has 0 aliphatic heterocycles. The number of benzene rings is 17. The Balaban J connectivity index is 0.807. The third kappa shape index (κ3) is 11.1. The van der Waals surface area contributed by atoms with E-state index in [0.29, 0.717) is 138 Å². The van der Waals surface area contributed by atoms with Crippen LogP contribution in [-0.4, -0.2) is 27.4 Å². The highest BCUT2D eigenvalue weighted by Crippen LogP contribution is 2.57. The van der Waals surface area contributed by atoms with Gasteiger partial charge in [0, 0.05) is 136 Å². The van der Waals surface area contributed by atoms with Crippen LogP contribution in [0.1, 0.15) is 33.4 Å². The van der Waals surface area contributed by atoms with E-state index < -0.39 is 74.8 Å². The second kappa shape index (κ2) is 27.6. The van der Waals surface area contributed by atoms with E-state index in [1.165, 1.54) is 63.6 Å². The predicted molar refractivity (Wildman–Crippen MR) is 504 cm³/mol. The van der Waals surface area contributed by atoms with Crippen molar-refractivity contribution in [1.82, 2.24) is 27.4 Å². The van der Waals surface area contributed by atoms with Crippen molar-refractivity contribution in [2.75, 3.05) is 0 Å². The lowest BCUT2D eigenvalue weighted by molar-refractivity contribution is -0.143. The van der Waals surface area contributed by atoms with E-state index in [1.54, 1.807) is 74.4 Å². The van der Waals surface area contributed by atoms with Crippen molar-refractivity contribution in [3.8, 4) is 74.0 Å². The van der Waals surface area contributed by atoms with Gasteiger partial charge in [-0.25, -0.2) is 0 Å². The number of halogens is 12. The summed E-state index contributed by atoms with van der Waals surface area (Å²) in [4.78, 5) is 0. The quantitative estimate of drug-likeness (QED) is 0.142. The molecule has 131 heavy (non-hydrogen) atoms. The molecule has 25 aromatic rings. The van der Waals surface area contributed by atoms with Crippen LogP contribution in [0.25, 0.3) is 233 Å². The van der Waals surface area contributed by atoms with Crippen molar-refractivity contribution in [3.05, 3.63) is 355 Å². The summed E-state index contributed by atoms with van der Waals surface area (Å²) < 4.78 is 220. The maximum absolute atomic E-state index is 18.0. The van der Waals surface area contributed by atoms with E-state index in [9.17, 15) is 10.5 Å². The SMILES string of the molecule is Cn1c2ccccc2c2c1ccc1c3ccccc3n(-c3cc(-c4c(C(F)(F)F)cc(-c5ccc6c7ccc8c9ccccc9sc8c7n(-c7cc(-c8c(C(F)(F)F)cccc8C(F)(F)F)c(-n8c9ccccc9c9ccc%10c%11ccccc%11sc%10c98)cc7C#N)c6c5)cc4C(F)(F)F)c(-n4c5ccccc5c5ccc6c(c7ccccc7n6-c6ccccc6)c54)cc3C#N)c12. The molecule has 0 aliphatic rings. The number of aromatic nitrogens is 6. The van der Waals surface area contributed by atoms with Gasteiger partial charge in [0.2, 0.25) is 0 Å². The van der Waals surface area contributed by atoms with Crippen molar-refractivity contribution in [2.45, 2.75) is 24.7 Å². The molecule has 0 saturated heterocycles. The highest BCUT2D eigenvalue weighted by molar-refractivity contribution is 7.27. The Morgan fingerprint density at radius 3 is 1.08 bits per heavy atom. The number of alkyl halides is 12. The summed E-state index contributed by atoms with van der Waals surface area (Å²) >= 11 is 2.65. The number of rotatable bonds is 8. The second-order valence-corrected chi connectivity index (χ2v) is 35.2. The molecular formula is C109H56F12N8S2. The molecule has 0 unspecified atom stereocenters. The fraction of sp³-hybridized carbons (Fsp3) is 0.0459. The van der Waals surface area contributed by atoms with Crippen LogP contribution in [0, 0.1) is 22.7 Å². The number of nitriles is 2. The lowest BCUT2D eigenvalue weighted by Crippen LogP contribution is -2.16. The lowest BCUT2D eigenvalue weighted by atomic mass is 9.87. The minimum atomic E-state index is -5.68. The van der Waals surface area contributed by atoms with Gasteiger partial charge in [-0.3, -0.25) is 0 Å². The summed E-state index contributed by atoms with van der Waals surface area (Å²) in [6.07, 6.45) is -22.3. The van der Waals surface area contributed by atoms with Crippen LogP contribution in [0.15, 0.2) is 322 Å². The summed E-state index contributed by atoms with van der Waals surface area (Å²) in [5.74, 6) is 0. The molecule has 22 heteroatoms. The summed E-state index contributed by atoms with van der Waals surface area (Å²) in [5.41, 5.74) is -6.19. The Morgan fingerprint density at radius 2 is 0.603 bits per heavy atom. The second-order valence-electron chi connectivity index (χ2n) is 33.1. The number of para-hydroxylation sites is 6. The van der Waals surface area contributed by atoms with Crippen molar-refractivity contribution < 1.29 is 52.7 Å². The molecule has 0 atom stereocenters. The van der Waals surface area contributed by atoms with Crippen LogP contribution >= 0.6 is 22.7 Å². The topological polar surface area (TPSA) is 77.2 Å². The van der Waals surface area contributed by atoms with E-state index in [2.05, 4.69) is 12.1 Å². The molecule has 0 saturated carbocycles. The highest BCUT2D eigenvalue weighted by Gasteiger charge is 2.46. The number of nitrogens with zero attached hydrogens (tertiary/aromatic N) is 8. The van der Waals surface area contributed by atoms with Gasteiger partial charge in [-0.05, 0) is 132 Å². The van der Waals surface area contributed by atoms with E-state index in [4.69, 9.17) is 0 Å². The summed E-state index contributed by atoms with van der Waals surface area (Å²) in [6.45, 7) is 0. The third-order valence-electron chi connectivity index (χ3n) is 26.4. The minimum Gasteiger partial charge on any atom is -0.344 e. The van der Waals surface area contributed by atoms with Crippen LogP contribution < -0.4 is 0 Å². The Hall–Kier alpha value is -15.9. The van der Waals surface area contributed by atoms with Gasteiger partial charge in [0.15, 0.2) is 0 Å². The van der Waals surface area contributed by atoms with Crippen LogP contribution in [0.4, 0.5) is 52.7 Å². The molecule has 0 aliphatic carbocycles. The number of thiophene rings is 2. The molecule has 0 N–H and O–H groups in total. The van der Waals surface area contributed by atoms with Gasteiger partial charge < -0.3 is 27.4 Å². The fourth-order valence-corrected chi connectivity index (χ4v) is 23.6. The Labute approximate surface area is 740 Å². The van der Waals surface area contributed by atoms with Gasteiger partial charge in [-0.2, -0.15) is 63.2 Å². The highest BCUT2D eigenvalue weighted by atomic mass is 32.1. The van der Waals surface area contributed by atoms with Gasteiger partial charge in [-0.1, -0.05) is 200 Å². The molecule has 628 valence electrons. The molecule has 25 rings (SSSR count). The largest absolute Gasteiger partial charge is 0.417 e. The van der Waals surface area contributed by atoms with Crippen molar-refractivity contribution >= 4 is 194 Å². The first kappa shape index (κ1) is 77.5. The van der Waals surface area contributed by atoms with Gasteiger partial charge in [0.25, 0.3) is 0 Å². The monoisotopic (exact) mass is 1770 g/mol. The summed E-state index contributed by atoms with van der Waals surface area (Å²) in [6, 6.07) is 93.2. The standard InChI is InChI=1S/C109H56F12N8S2/c1-124-82-31-12-8-27-74(82)98-87(124)46-44-68-62-22-5-13-32-83(62)126(100(68)98)89-54-77(92(51-59(89)55-122)127-84-33-14-6-23-63(84)69-45-47-88-99(101(69)127)75-28-9-16-35-86(75)125(88)61-20-3-2-4-21-61)97-80(108(116,117)118)48-58(49-81(97)109(119,120)121)57-38-39-65-71-41-43-73-67-26-11-18-37-95(67)131-105(73)103(71)129(91(65)50-57)90-53-76(96-78(106(110,111)112)29-19-30-79(96)107(113,114)115)93(52-60(90)56-123)128-85-34-15-7-24-64(85)70-40-42-72-66-25-10-17-36-94(66)130-104(72)102(70)128/h2-54H,1H3. The first-order chi connectivity index (χ1) is 63.4. The lowest BCUT2D eigenvalue weighted by Gasteiger charge is -2.25. The first-order valence-electron chi connectivity index (χ1n) is 41.8. The molecule has 17 aromatic carbocycles. The molecule has 0 amide bonds. The number of hydrogen-bond acceptors (Lipinski definition) is 4. The molecule has 0 fully saturated rings. The Morgan fingerprint density at radius 1 is 0.252 bits per heavy atom. The van der Waals surface area contributed by atoms with Gasteiger partial charge in [0.05, 0.1) is 126 Å². The molecule has 8 aromatic heterocycles. The zero-order valence-electron chi connectivity index (χ0n) is 68.0. The molecule has 0 spiro atoms. The maximum atomic E-state index is 18.0. The predicted octanol–water partition coefficient (Wildman–Crippen LogP) is 32.4. The summed E-state index contributed by atoms with van der Waals surface area (Å²) in [5, 5.41) is 34.3. The smallest absolute Gasteiger partial charge is 0.344 e. The van der Waals surface area contributed by atoms with Gasteiger partial charge >= 0.3 is 24.7 Å². The van der Waals surface area contributed by atoms with Crippen LogP contribution in [0.2, 0.25) is 0 Å². The van der Waals surface area contributed by atoms with Crippen molar-refractivity contribution in [1.29, 1.82) is 10.5 Å². The molecule has 8 nitrogen and oxygen atoms in total. The molecule has 8 heterocycles. The average Bonchev–Trinajstić information content (AvgIpc) is 1.55. The van der Waals surface area contributed by atoms with Crippen molar-refractivity contribution in [3.63, 3.8) is 0 Å². The Bertz CT molecular complexity index is 9430. The first-order valence-corrected chi connectivity index (χ1v) is 43.5. The van der Waals surface area contributed by atoms with Gasteiger partial charge in [0.1, 0.15) is 12.1 Å². The van der Waals surface area contributed by atoms with E-state index in [0.717, 1.165) is 59.2 Å².